The van der Waals surface area contributed by atoms with E-state index in [1.54, 1.807) is 6.07 Å². The van der Waals surface area contributed by atoms with E-state index in [1.807, 2.05) is 19.1 Å². The third-order valence-corrected chi connectivity index (χ3v) is 8.84. The summed E-state index contributed by atoms with van der Waals surface area (Å²) >= 11 is 0. The van der Waals surface area contributed by atoms with Gasteiger partial charge in [-0.25, -0.2) is 4.39 Å². The van der Waals surface area contributed by atoms with E-state index in [4.69, 9.17) is 4.74 Å². The Morgan fingerprint density at radius 1 is 1.00 bits per heavy atom. The minimum Gasteiger partial charge on any atom is -0.423 e. The van der Waals surface area contributed by atoms with Gasteiger partial charge in [-0.05, 0) is 131 Å². The van der Waals surface area contributed by atoms with E-state index in [0.717, 1.165) is 73.7 Å². The molecule has 0 saturated heterocycles. The average molecular weight is 453 g/mol. The van der Waals surface area contributed by atoms with Crippen molar-refractivity contribution >= 4 is 5.97 Å². The second kappa shape index (κ2) is 11.5. The van der Waals surface area contributed by atoms with Crippen molar-refractivity contribution in [2.45, 2.75) is 84.0 Å². The molecule has 4 rings (SSSR count). The van der Waals surface area contributed by atoms with Crippen LogP contribution in [0.15, 0.2) is 43.0 Å². The van der Waals surface area contributed by atoms with Crippen molar-refractivity contribution in [1.29, 1.82) is 0 Å². The second-order valence-corrected chi connectivity index (χ2v) is 10.8. The van der Waals surface area contributed by atoms with Crippen LogP contribution in [0.4, 0.5) is 4.39 Å². The molecule has 0 heterocycles. The first-order valence-electron chi connectivity index (χ1n) is 13.3. The van der Waals surface area contributed by atoms with Crippen molar-refractivity contribution in [3.05, 3.63) is 54.4 Å². The first kappa shape index (κ1) is 24.2. The maximum atomic E-state index is 14.5. The van der Waals surface area contributed by atoms with Gasteiger partial charge >= 0.3 is 5.97 Å². The van der Waals surface area contributed by atoms with Gasteiger partial charge in [-0.1, -0.05) is 24.3 Å². The van der Waals surface area contributed by atoms with E-state index in [2.05, 4.69) is 18.7 Å². The molecular formula is C30H41FO2. The van der Waals surface area contributed by atoms with Crippen LogP contribution in [0, 0.1) is 41.3 Å². The lowest BCUT2D eigenvalue weighted by molar-refractivity contribution is -0.140. The molecular weight excluding hydrogens is 411 g/mol. The monoisotopic (exact) mass is 452 g/mol. The standard InChI is InChI=1S/C30H41FO2/c1-3-5-6-7-22-9-17-29(28(31)19-22)33-30(32)24-13-11-23(12-14-24)26-16-15-25-18-21(4-2)8-10-27(25)20-26/h3-5,9,17,19,21,23-27H,2,6-8,10-16,18,20H2,1H3/b5-3+. The number of esters is 1. The lowest BCUT2D eigenvalue weighted by Crippen LogP contribution is -2.35. The second-order valence-electron chi connectivity index (χ2n) is 10.8. The molecule has 0 amide bonds. The van der Waals surface area contributed by atoms with Crippen molar-refractivity contribution in [2.75, 3.05) is 0 Å². The van der Waals surface area contributed by atoms with Gasteiger partial charge in [0.05, 0.1) is 5.92 Å². The van der Waals surface area contributed by atoms with Gasteiger partial charge in [0.15, 0.2) is 11.6 Å². The third-order valence-electron chi connectivity index (χ3n) is 8.84. The van der Waals surface area contributed by atoms with E-state index in [-0.39, 0.29) is 17.6 Å². The Labute approximate surface area is 199 Å². The highest BCUT2D eigenvalue weighted by Crippen LogP contribution is 2.49. The quantitative estimate of drug-likeness (QED) is 0.237. The predicted octanol–water partition coefficient (Wildman–Crippen LogP) is 8.06. The summed E-state index contributed by atoms with van der Waals surface area (Å²) in [5.74, 6) is 3.44. The average Bonchev–Trinajstić information content (AvgIpc) is 2.85. The number of aryl methyl sites for hydroxylation is 1. The maximum Gasteiger partial charge on any atom is 0.314 e. The lowest BCUT2D eigenvalue weighted by Gasteiger charge is -2.45. The Balaban J connectivity index is 1.24. The highest BCUT2D eigenvalue weighted by molar-refractivity contribution is 5.75. The van der Waals surface area contributed by atoms with E-state index in [0.29, 0.717) is 0 Å². The molecule has 0 spiro atoms. The van der Waals surface area contributed by atoms with Crippen molar-refractivity contribution < 1.29 is 13.9 Å². The van der Waals surface area contributed by atoms with Gasteiger partial charge in [-0.2, -0.15) is 0 Å². The fraction of sp³-hybridized carbons (Fsp3) is 0.633. The number of carbonyl (C=O) groups is 1. The Kier molecular flexibility index (Phi) is 8.44. The highest BCUT2D eigenvalue weighted by atomic mass is 19.1. The van der Waals surface area contributed by atoms with Crippen LogP contribution in [0.25, 0.3) is 0 Å². The molecule has 0 aromatic heterocycles. The fourth-order valence-corrected chi connectivity index (χ4v) is 6.82. The fourth-order valence-electron chi connectivity index (χ4n) is 6.82. The van der Waals surface area contributed by atoms with Crippen molar-refractivity contribution in [1.82, 2.24) is 0 Å². The molecule has 1 aromatic rings. The molecule has 3 aliphatic carbocycles. The van der Waals surface area contributed by atoms with E-state index >= 15 is 0 Å². The maximum absolute atomic E-state index is 14.5. The molecule has 3 saturated carbocycles. The van der Waals surface area contributed by atoms with E-state index in [1.165, 1.54) is 44.6 Å². The number of allylic oxidation sites excluding steroid dienone is 3. The summed E-state index contributed by atoms with van der Waals surface area (Å²) in [6.45, 7) is 6.00. The van der Waals surface area contributed by atoms with Crippen molar-refractivity contribution in [3.63, 3.8) is 0 Å². The van der Waals surface area contributed by atoms with Crippen LogP contribution in [-0.4, -0.2) is 5.97 Å². The van der Waals surface area contributed by atoms with Crippen LogP contribution in [0.1, 0.15) is 83.1 Å². The molecule has 1 aromatic carbocycles. The van der Waals surface area contributed by atoms with Gasteiger partial charge in [0, 0.05) is 0 Å². The highest BCUT2D eigenvalue weighted by Gasteiger charge is 2.39. The molecule has 3 aliphatic rings. The molecule has 33 heavy (non-hydrogen) atoms. The predicted molar refractivity (Wildman–Crippen MR) is 132 cm³/mol. The molecule has 3 heteroatoms. The number of fused-ring (bicyclic) bond motifs is 1. The van der Waals surface area contributed by atoms with Crippen LogP contribution < -0.4 is 4.74 Å². The van der Waals surface area contributed by atoms with E-state index < -0.39 is 5.82 Å². The normalized spacial score (nSPS) is 32.3. The molecule has 0 aliphatic heterocycles. The summed E-state index contributed by atoms with van der Waals surface area (Å²) in [5, 5.41) is 0. The molecule has 3 fully saturated rings. The minimum atomic E-state index is -0.432. The SMILES string of the molecule is C=CC1CCC2CC(C3CCC(C(=O)Oc4ccc(CC/C=C/C)cc4F)CC3)CCC2C1. The Morgan fingerprint density at radius 2 is 1.67 bits per heavy atom. The summed E-state index contributed by atoms with van der Waals surface area (Å²) in [6, 6.07) is 4.98. The van der Waals surface area contributed by atoms with Crippen LogP contribution in [-0.2, 0) is 11.2 Å². The molecule has 4 unspecified atom stereocenters. The zero-order chi connectivity index (χ0) is 23.2. The molecule has 0 bridgehead atoms. The van der Waals surface area contributed by atoms with Gasteiger partial charge in [-0.15, -0.1) is 6.58 Å². The summed E-state index contributed by atoms with van der Waals surface area (Å²) in [4.78, 5) is 12.7. The van der Waals surface area contributed by atoms with Crippen molar-refractivity contribution in [2.24, 2.45) is 35.5 Å². The van der Waals surface area contributed by atoms with Gasteiger partial charge in [0.1, 0.15) is 0 Å². The molecule has 180 valence electrons. The summed E-state index contributed by atoms with van der Waals surface area (Å²) < 4.78 is 20.0. The molecule has 4 atom stereocenters. The summed E-state index contributed by atoms with van der Waals surface area (Å²) in [6.07, 6.45) is 20.1. The first-order chi connectivity index (χ1) is 16.1. The number of hydrogen-bond donors (Lipinski definition) is 0. The van der Waals surface area contributed by atoms with Crippen LogP contribution >= 0.6 is 0 Å². The van der Waals surface area contributed by atoms with Crippen LogP contribution in [0.3, 0.4) is 0 Å². The number of benzene rings is 1. The smallest absolute Gasteiger partial charge is 0.314 e. The third kappa shape index (κ3) is 6.16. The van der Waals surface area contributed by atoms with Gasteiger partial charge in [0.2, 0.25) is 0 Å². The molecule has 0 radical (unpaired) electrons. The number of carbonyl (C=O) groups excluding carboxylic acids is 1. The Morgan fingerprint density at radius 3 is 2.36 bits per heavy atom. The lowest BCUT2D eigenvalue weighted by atomic mass is 9.61. The topological polar surface area (TPSA) is 26.3 Å². The largest absolute Gasteiger partial charge is 0.423 e. The minimum absolute atomic E-state index is 0.0744. The molecule has 0 N–H and O–H groups in total. The Bertz CT molecular complexity index is 836. The van der Waals surface area contributed by atoms with Crippen molar-refractivity contribution in [3.8, 4) is 5.75 Å². The van der Waals surface area contributed by atoms with Gasteiger partial charge < -0.3 is 4.74 Å². The van der Waals surface area contributed by atoms with Crippen LogP contribution in [0.5, 0.6) is 5.75 Å². The van der Waals surface area contributed by atoms with Gasteiger partial charge in [0.25, 0.3) is 0 Å². The zero-order valence-corrected chi connectivity index (χ0v) is 20.3. The zero-order valence-electron chi connectivity index (χ0n) is 20.3. The summed E-state index contributed by atoms with van der Waals surface area (Å²) in [5.41, 5.74) is 0.929. The first-order valence-corrected chi connectivity index (χ1v) is 13.3. The van der Waals surface area contributed by atoms with Gasteiger partial charge in [-0.3, -0.25) is 4.79 Å². The summed E-state index contributed by atoms with van der Waals surface area (Å²) in [7, 11) is 0. The number of rotatable bonds is 7. The Hall–Kier alpha value is -1.90. The van der Waals surface area contributed by atoms with Crippen LogP contribution in [0.2, 0.25) is 0 Å². The molecule has 2 nitrogen and oxygen atoms in total. The van der Waals surface area contributed by atoms with E-state index in [9.17, 15) is 9.18 Å². The number of halogens is 1. The number of ether oxygens (including phenoxy) is 1. The number of hydrogen-bond acceptors (Lipinski definition) is 2.